The van der Waals surface area contributed by atoms with Crippen LogP contribution in [-0.2, 0) is 13.2 Å². The highest BCUT2D eigenvalue weighted by Gasteiger charge is 2.10. The number of rotatable bonds is 10. The molecule has 0 aromatic heterocycles. The Morgan fingerprint density at radius 2 is 1.84 bits per heavy atom. The van der Waals surface area contributed by atoms with Gasteiger partial charge in [0.05, 0.1) is 13.1 Å². The van der Waals surface area contributed by atoms with E-state index in [0.29, 0.717) is 10.6 Å². The number of hydrogen-bond acceptors (Lipinski definition) is 1. The van der Waals surface area contributed by atoms with Crippen LogP contribution < -0.4 is 15.0 Å². The summed E-state index contributed by atoms with van der Waals surface area (Å²) >= 11 is 6.13. The van der Waals surface area contributed by atoms with E-state index in [2.05, 4.69) is 19.2 Å². The number of nitrogens with two attached hydrogens (primary N) is 1. The summed E-state index contributed by atoms with van der Waals surface area (Å²) in [6.45, 7) is 9.93. The Morgan fingerprint density at radius 1 is 1.08 bits per heavy atom. The van der Waals surface area contributed by atoms with Gasteiger partial charge in [-0.15, -0.1) is 0 Å². The number of hydrogen-bond donors (Lipinski definition) is 2. The fraction of sp³-hybridized carbons (Fsp3) is 0.400. The second-order valence-corrected chi connectivity index (χ2v) is 6.56. The topological polar surface area (TPSA) is 30.3 Å². The average Bonchev–Trinajstić information content (AvgIpc) is 2.62. The molecule has 0 aliphatic heterocycles. The van der Waals surface area contributed by atoms with Crippen molar-refractivity contribution in [3.63, 3.8) is 0 Å². The molecule has 0 unspecified atom stereocenters. The normalized spacial score (nSPS) is 11.1. The number of quaternary nitrogens is 2. The van der Waals surface area contributed by atoms with Crippen LogP contribution in [0.15, 0.2) is 42.5 Å². The van der Waals surface area contributed by atoms with E-state index < -0.39 is 0 Å². The molecule has 0 spiro atoms. The van der Waals surface area contributed by atoms with E-state index in [1.54, 1.807) is 17.0 Å². The molecular weight excluding hydrogens is 339 g/mol. The van der Waals surface area contributed by atoms with Gasteiger partial charge in [-0.1, -0.05) is 29.8 Å². The fourth-order valence-corrected chi connectivity index (χ4v) is 2.98. The predicted molar refractivity (Wildman–Crippen MR) is 99.6 cm³/mol. The molecule has 3 N–H and O–H groups in total. The van der Waals surface area contributed by atoms with Crippen molar-refractivity contribution in [3.8, 4) is 5.75 Å². The highest BCUT2D eigenvalue weighted by Crippen LogP contribution is 2.23. The van der Waals surface area contributed by atoms with Gasteiger partial charge in [-0.2, -0.15) is 0 Å². The summed E-state index contributed by atoms with van der Waals surface area (Å²) in [6, 6.07) is 12.3. The van der Waals surface area contributed by atoms with Crippen molar-refractivity contribution in [2.24, 2.45) is 0 Å². The second-order valence-electron chi connectivity index (χ2n) is 6.12. The molecule has 0 bridgehead atoms. The summed E-state index contributed by atoms with van der Waals surface area (Å²) < 4.78 is 19.6. The number of ether oxygens (including phenoxy) is 1. The summed E-state index contributed by atoms with van der Waals surface area (Å²) in [5.74, 6) is 0.519. The molecule has 0 fully saturated rings. The van der Waals surface area contributed by atoms with E-state index in [4.69, 9.17) is 16.3 Å². The van der Waals surface area contributed by atoms with Gasteiger partial charge in [-0.05, 0) is 38.1 Å². The van der Waals surface area contributed by atoms with Gasteiger partial charge < -0.3 is 15.0 Å². The zero-order chi connectivity index (χ0) is 18.1. The third-order valence-corrected chi connectivity index (χ3v) is 4.66. The highest BCUT2D eigenvalue weighted by molar-refractivity contribution is 6.30. The summed E-state index contributed by atoms with van der Waals surface area (Å²) in [5, 5.41) is 2.96. The molecule has 0 saturated heterocycles. The van der Waals surface area contributed by atoms with Crippen molar-refractivity contribution >= 4 is 11.6 Å². The van der Waals surface area contributed by atoms with E-state index in [1.807, 2.05) is 24.3 Å². The molecule has 0 heterocycles. The van der Waals surface area contributed by atoms with Crippen LogP contribution in [-0.4, -0.2) is 26.2 Å². The van der Waals surface area contributed by atoms with E-state index in [-0.39, 0.29) is 12.4 Å². The van der Waals surface area contributed by atoms with E-state index in [0.717, 1.165) is 44.0 Å². The lowest BCUT2D eigenvalue weighted by atomic mass is 10.2. The van der Waals surface area contributed by atoms with Crippen LogP contribution in [0.25, 0.3) is 0 Å². The summed E-state index contributed by atoms with van der Waals surface area (Å²) in [7, 11) is 0. The third kappa shape index (κ3) is 6.31. The van der Waals surface area contributed by atoms with Crippen LogP contribution in [0.5, 0.6) is 5.75 Å². The molecular formula is C20H28ClFN2O+2. The van der Waals surface area contributed by atoms with Crippen LogP contribution in [0, 0.1) is 5.82 Å². The van der Waals surface area contributed by atoms with Crippen LogP contribution in [0.3, 0.4) is 0 Å². The van der Waals surface area contributed by atoms with Gasteiger partial charge in [0.25, 0.3) is 0 Å². The first kappa shape index (κ1) is 19.7. The second kappa shape index (κ2) is 10.4. The van der Waals surface area contributed by atoms with Crippen molar-refractivity contribution in [1.29, 1.82) is 0 Å². The molecule has 0 amide bonds. The molecule has 3 nitrogen and oxygen atoms in total. The zero-order valence-electron chi connectivity index (χ0n) is 15.0. The average molecular weight is 367 g/mol. The number of halogens is 2. The first-order chi connectivity index (χ1) is 12.1. The Morgan fingerprint density at radius 3 is 2.56 bits per heavy atom. The number of nitrogens with one attached hydrogen (secondary N) is 1. The minimum Gasteiger partial charge on any atom is -0.488 e. The van der Waals surface area contributed by atoms with Gasteiger partial charge >= 0.3 is 0 Å². The van der Waals surface area contributed by atoms with Gasteiger partial charge in [-0.3, -0.25) is 0 Å². The maximum atomic E-state index is 13.7. The van der Waals surface area contributed by atoms with Crippen molar-refractivity contribution in [2.45, 2.75) is 27.0 Å². The van der Waals surface area contributed by atoms with E-state index in [1.165, 1.54) is 6.07 Å². The minimum atomic E-state index is -0.244. The largest absolute Gasteiger partial charge is 0.488 e. The fourth-order valence-electron chi connectivity index (χ4n) is 2.79. The highest BCUT2D eigenvalue weighted by atomic mass is 35.5. The van der Waals surface area contributed by atoms with Crippen LogP contribution in [0.2, 0.25) is 5.02 Å². The van der Waals surface area contributed by atoms with Gasteiger partial charge in [0.2, 0.25) is 0 Å². The minimum absolute atomic E-state index is 0.213. The predicted octanol–water partition coefficient (Wildman–Crippen LogP) is 2.05. The smallest absolute Gasteiger partial charge is 0.129 e. The van der Waals surface area contributed by atoms with Gasteiger partial charge in [0, 0.05) is 16.1 Å². The Labute approximate surface area is 154 Å². The lowest BCUT2D eigenvalue weighted by molar-refractivity contribution is -0.910. The number of likely N-dealkylation sites (N-methyl/N-ethyl adjacent to an activating group) is 1. The molecule has 0 atom stereocenters. The quantitative estimate of drug-likeness (QED) is 0.619. The lowest BCUT2D eigenvalue weighted by Gasteiger charge is -2.15. The maximum Gasteiger partial charge on any atom is 0.129 e. The van der Waals surface area contributed by atoms with Gasteiger partial charge in [-0.25, -0.2) is 4.39 Å². The lowest BCUT2D eigenvalue weighted by Crippen LogP contribution is -3.14. The molecule has 5 heteroatoms. The monoisotopic (exact) mass is 366 g/mol. The van der Waals surface area contributed by atoms with Crippen molar-refractivity contribution < 1.29 is 19.3 Å². The molecule has 25 heavy (non-hydrogen) atoms. The first-order valence-corrected chi connectivity index (χ1v) is 9.31. The van der Waals surface area contributed by atoms with Crippen LogP contribution in [0.4, 0.5) is 4.39 Å². The molecule has 2 aromatic carbocycles. The van der Waals surface area contributed by atoms with Gasteiger partial charge in [0.15, 0.2) is 0 Å². The molecule has 0 aliphatic carbocycles. The molecule has 2 aromatic rings. The van der Waals surface area contributed by atoms with Gasteiger partial charge in [0.1, 0.15) is 37.8 Å². The van der Waals surface area contributed by atoms with Crippen molar-refractivity contribution in [2.75, 3.05) is 26.2 Å². The maximum absolute atomic E-state index is 13.7. The zero-order valence-corrected chi connectivity index (χ0v) is 15.8. The Kier molecular flexibility index (Phi) is 8.19. The molecule has 0 aliphatic rings. The summed E-state index contributed by atoms with van der Waals surface area (Å²) in [4.78, 5) is 1.60. The van der Waals surface area contributed by atoms with E-state index >= 15 is 0 Å². The van der Waals surface area contributed by atoms with Crippen molar-refractivity contribution in [1.82, 2.24) is 0 Å². The SMILES string of the molecule is CC[NH+](CC)CC[NH2+]Cc1cc(Cl)ccc1OCc1ccccc1F. The van der Waals surface area contributed by atoms with Crippen LogP contribution in [0.1, 0.15) is 25.0 Å². The first-order valence-electron chi connectivity index (χ1n) is 8.93. The molecule has 0 radical (unpaired) electrons. The molecule has 136 valence electrons. The van der Waals surface area contributed by atoms with Crippen molar-refractivity contribution in [3.05, 3.63) is 64.4 Å². The number of benzene rings is 2. The third-order valence-electron chi connectivity index (χ3n) is 4.43. The Balaban J connectivity index is 1.94. The summed E-state index contributed by atoms with van der Waals surface area (Å²) in [5.41, 5.74) is 1.59. The van der Waals surface area contributed by atoms with Crippen LogP contribution >= 0.6 is 11.6 Å². The standard InChI is InChI=1S/C20H26ClFN2O/c1-3-24(4-2)12-11-23-14-17-13-18(21)9-10-20(17)25-15-16-7-5-6-8-19(16)22/h5-10,13,23H,3-4,11-12,14-15H2,1-2H3/p+2. The Hall–Kier alpha value is -1.62. The van der Waals surface area contributed by atoms with E-state index in [9.17, 15) is 4.39 Å². The Bertz CT molecular complexity index is 662. The molecule has 0 saturated carbocycles. The summed E-state index contributed by atoms with van der Waals surface area (Å²) in [6.07, 6.45) is 0. The molecule has 2 rings (SSSR count).